The minimum absolute atomic E-state index is 0.0928. The number of fused-ring (bicyclic) bond motifs is 1. The van der Waals surface area contributed by atoms with Gasteiger partial charge in [-0.3, -0.25) is 0 Å². The van der Waals surface area contributed by atoms with E-state index in [0.717, 1.165) is 18.4 Å². The molecule has 1 unspecified atom stereocenters. The second-order valence-corrected chi connectivity index (χ2v) is 8.42. The molecular weight excluding hydrogens is 341 g/mol. The molecule has 0 bridgehead atoms. The molecule has 2 N–H and O–H groups in total. The molecule has 1 aliphatic heterocycles. The molecule has 0 fully saturated rings. The van der Waals surface area contributed by atoms with Crippen LogP contribution in [0.5, 0.6) is 0 Å². The number of ether oxygens (including phenoxy) is 1. The first kappa shape index (κ1) is 17.9. The van der Waals surface area contributed by atoms with E-state index in [4.69, 9.17) is 10.5 Å². The lowest BCUT2D eigenvalue weighted by Crippen LogP contribution is -2.22. The Morgan fingerprint density at radius 3 is 2.76 bits per heavy atom. The highest BCUT2D eigenvalue weighted by Crippen LogP contribution is 2.37. The number of unbranched alkanes of at least 4 members (excludes halogenated alkanes) is 1. The summed E-state index contributed by atoms with van der Waals surface area (Å²) >= 11 is 0. The normalized spacial score (nSPS) is 22.2. The molecule has 1 aliphatic rings. The van der Waals surface area contributed by atoms with Gasteiger partial charge in [0.25, 0.3) is 0 Å². The Balaban J connectivity index is 2.14. The van der Waals surface area contributed by atoms with Crippen LogP contribution in [0.1, 0.15) is 43.4 Å². The van der Waals surface area contributed by atoms with Crippen molar-refractivity contribution in [3.63, 3.8) is 0 Å². The summed E-state index contributed by atoms with van der Waals surface area (Å²) in [6, 6.07) is 10.9. The smallest absolute Gasteiger partial charge is 0.181 e. The monoisotopic (exact) mass is 363 g/mol. The maximum absolute atomic E-state index is 13.9. The molecule has 0 radical (unpaired) electrons. The number of rotatable bonds is 4. The van der Waals surface area contributed by atoms with Gasteiger partial charge in [0.05, 0.1) is 16.8 Å². The van der Waals surface area contributed by atoms with Gasteiger partial charge in [0.15, 0.2) is 9.84 Å². The molecular formula is C19H22FNO3S. The molecule has 2 aromatic carbocycles. The van der Waals surface area contributed by atoms with Gasteiger partial charge in [0.1, 0.15) is 11.9 Å². The zero-order chi connectivity index (χ0) is 18.0. The predicted octanol–water partition coefficient (Wildman–Crippen LogP) is 3.86. The summed E-state index contributed by atoms with van der Waals surface area (Å²) in [5.74, 6) is -0.580. The van der Waals surface area contributed by atoms with E-state index in [1.807, 2.05) is 13.0 Å². The van der Waals surface area contributed by atoms with Crippen LogP contribution in [0.4, 0.5) is 10.1 Å². The van der Waals surface area contributed by atoms with Crippen LogP contribution in [0.3, 0.4) is 0 Å². The van der Waals surface area contributed by atoms with E-state index >= 15 is 0 Å². The van der Waals surface area contributed by atoms with Crippen molar-refractivity contribution < 1.29 is 17.5 Å². The number of hydrogen-bond donors (Lipinski definition) is 1. The van der Waals surface area contributed by atoms with Gasteiger partial charge in [-0.25, -0.2) is 12.8 Å². The first-order chi connectivity index (χ1) is 11.9. The summed E-state index contributed by atoms with van der Waals surface area (Å²) in [5, 5.41) is 0. The first-order valence-electron chi connectivity index (χ1n) is 8.44. The van der Waals surface area contributed by atoms with Gasteiger partial charge in [0, 0.05) is 11.3 Å². The third kappa shape index (κ3) is 3.85. The third-order valence-electron chi connectivity index (χ3n) is 4.42. The third-order valence-corrected chi connectivity index (χ3v) is 6.27. The number of anilines is 1. The van der Waals surface area contributed by atoms with Crippen LogP contribution in [0.25, 0.3) is 0 Å². The molecule has 25 heavy (non-hydrogen) atoms. The van der Waals surface area contributed by atoms with E-state index in [9.17, 15) is 12.8 Å². The Hall–Kier alpha value is -1.92. The van der Waals surface area contributed by atoms with Gasteiger partial charge in [0.2, 0.25) is 0 Å². The zero-order valence-electron chi connectivity index (χ0n) is 14.1. The molecule has 0 amide bonds. The highest BCUT2D eigenvalue weighted by Gasteiger charge is 2.34. The van der Waals surface area contributed by atoms with Crippen LogP contribution in [-0.2, 0) is 14.6 Å². The Bertz CT molecular complexity index is 867. The van der Waals surface area contributed by atoms with Gasteiger partial charge < -0.3 is 10.5 Å². The van der Waals surface area contributed by atoms with Crippen LogP contribution in [0.2, 0.25) is 0 Å². The quantitative estimate of drug-likeness (QED) is 0.661. The van der Waals surface area contributed by atoms with Crippen molar-refractivity contribution in [2.24, 2.45) is 0 Å². The number of benzene rings is 2. The van der Waals surface area contributed by atoms with Crippen molar-refractivity contribution >= 4 is 15.5 Å². The van der Waals surface area contributed by atoms with E-state index in [1.165, 1.54) is 18.2 Å². The summed E-state index contributed by atoms with van der Waals surface area (Å²) in [6.45, 7) is 2.05. The summed E-state index contributed by atoms with van der Waals surface area (Å²) in [4.78, 5) is 0.139. The molecule has 3 rings (SSSR count). The zero-order valence-corrected chi connectivity index (χ0v) is 14.9. The Labute approximate surface area is 147 Å². The molecule has 1 heterocycles. The first-order valence-corrected chi connectivity index (χ1v) is 10.1. The standard InChI is InChI=1S/C19H22FNO3S/c1-2-3-7-16-12-25(22,23)18-9-8-14(20)11-17(18)19(24-16)13-5-4-6-15(21)10-13/h4-6,8-11,16,19H,2-3,7,12,21H2,1H3/t16?,19-/m1/s1. The summed E-state index contributed by atoms with van der Waals surface area (Å²) in [5.41, 5.74) is 7.49. The molecule has 0 saturated heterocycles. The predicted molar refractivity (Wildman–Crippen MR) is 95.5 cm³/mol. The van der Waals surface area contributed by atoms with Gasteiger partial charge in [-0.05, 0) is 42.3 Å². The molecule has 2 aromatic rings. The van der Waals surface area contributed by atoms with E-state index < -0.39 is 27.9 Å². The van der Waals surface area contributed by atoms with Crippen molar-refractivity contribution in [1.29, 1.82) is 0 Å². The number of halogens is 1. The van der Waals surface area contributed by atoms with Crippen molar-refractivity contribution in [1.82, 2.24) is 0 Å². The van der Waals surface area contributed by atoms with Crippen LogP contribution in [0.15, 0.2) is 47.4 Å². The maximum atomic E-state index is 13.9. The second-order valence-electron chi connectivity index (χ2n) is 6.41. The number of hydrogen-bond acceptors (Lipinski definition) is 4. The fraction of sp³-hybridized carbons (Fsp3) is 0.368. The van der Waals surface area contributed by atoms with Crippen molar-refractivity contribution in [3.05, 3.63) is 59.4 Å². The van der Waals surface area contributed by atoms with Gasteiger partial charge in [-0.1, -0.05) is 31.9 Å². The largest absolute Gasteiger partial charge is 0.399 e. The lowest BCUT2D eigenvalue weighted by Gasteiger charge is -2.23. The molecule has 134 valence electrons. The highest BCUT2D eigenvalue weighted by atomic mass is 32.2. The van der Waals surface area contributed by atoms with Gasteiger partial charge in [-0.15, -0.1) is 0 Å². The summed E-state index contributed by atoms with van der Waals surface area (Å²) < 4.78 is 45.6. The molecule has 6 heteroatoms. The minimum atomic E-state index is -3.55. The van der Waals surface area contributed by atoms with E-state index in [0.29, 0.717) is 17.7 Å². The lowest BCUT2D eigenvalue weighted by atomic mass is 10.00. The highest BCUT2D eigenvalue weighted by molar-refractivity contribution is 7.91. The number of nitrogen functional groups attached to an aromatic ring is 1. The van der Waals surface area contributed by atoms with Crippen LogP contribution < -0.4 is 5.73 Å². The fourth-order valence-electron chi connectivity index (χ4n) is 3.21. The minimum Gasteiger partial charge on any atom is -0.399 e. The molecule has 4 nitrogen and oxygen atoms in total. The SMILES string of the molecule is CCCCC1CS(=O)(=O)c2ccc(F)cc2[C@@H](c2cccc(N)c2)O1. The maximum Gasteiger partial charge on any atom is 0.181 e. The summed E-state index contributed by atoms with van der Waals surface area (Å²) in [7, 11) is -3.55. The molecule has 0 aromatic heterocycles. The van der Waals surface area contributed by atoms with Crippen LogP contribution in [0, 0.1) is 5.82 Å². The number of nitrogens with two attached hydrogens (primary N) is 1. The van der Waals surface area contributed by atoms with Crippen molar-refractivity contribution in [2.45, 2.75) is 43.3 Å². The summed E-state index contributed by atoms with van der Waals surface area (Å²) in [6.07, 6.45) is 1.37. The average molecular weight is 363 g/mol. The molecule has 0 spiro atoms. The van der Waals surface area contributed by atoms with Crippen LogP contribution in [-0.4, -0.2) is 20.3 Å². The van der Waals surface area contributed by atoms with Gasteiger partial charge >= 0.3 is 0 Å². The van der Waals surface area contributed by atoms with E-state index in [-0.39, 0.29) is 10.6 Å². The second kappa shape index (κ2) is 7.14. The van der Waals surface area contributed by atoms with Crippen LogP contribution >= 0.6 is 0 Å². The van der Waals surface area contributed by atoms with Crippen molar-refractivity contribution in [2.75, 3.05) is 11.5 Å². The molecule has 2 atom stereocenters. The number of sulfone groups is 1. The Morgan fingerprint density at radius 2 is 2.04 bits per heavy atom. The van der Waals surface area contributed by atoms with Gasteiger partial charge in [-0.2, -0.15) is 0 Å². The van der Waals surface area contributed by atoms with E-state index in [2.05, 4.69) is 0 Å². The molecule has 0 saturated carbocycles. The average Bonchev–Trinajstić information content (AvgIpc) is 2.66. The van der Waals surface area contributed by atoms with E-state index in [1.54, 1.807) is 18.2 Å². The fourth-order valence-corrected chi connectivity index (χ4v) is 4.93. The Morgan fingerprint density at radius 1 is 1.24 bits per heavy atom. The lowest BCUT2D eigenvalue weighted by molar-refractivity contribution is 0.0164. The van der Waals surface area contributed by atoms with Crippen molar-refractivity contribution in [3.8, 4) is 0 Å². The topological polar surface area (TPSA) is 69.4 Å². The molecule has 0 aliphatic carbocycles. The Kier molecular flexibility index (Phi) is 5.11.